The largest absolute Gasteiger partial charge is 0.355 e. The maximum absolute atomic E-state index is 12.6. The highest BCUT2D eigenvalue weighted by Gasteiger charge is 2.28. The van der Waals surface area contributed by atoms with Gasteiger partial charge in [-0.3, -0.25) is 9.59 Å². The Labute approximate surface area is 158 Å². The molecule has 2 N–H and O–H groups in total. The predicted octanol–water partition coefficient (Wildman–Crippen LogP) is 2.60. The van der Waals surface area contributed by atoms with Crippen LogP contribution in [0.15, 0.2) is 18.2 Å². The Kier molecular flexibility index (Phi) is 8.84. The van der Waals surface area contributed by atoms with Crippen LogP contribution in [0.4, 0.5) is 0 Å². The number of rotatable bonds is 5. The molecule has 1 heterocycles. The fraction of sp³-hybridized carbons (Fsp3) is 0.500. The van der Waals surface area contributed by atoms with Gasteiger partial charge in [-0.05, 0) is 38.1 Å². The Balaban J connectivity index is 0.00000288. The molecule has 1 atom stereocenters. The first-order chi connectivity index (χ1) is 11.0. The lowest BCUT2D eigenvalue weighted by Gasteiger charge is -2.32. The van der Waals surface area contributed by atoms with E-state index in [1.54, 1.807) is 23.1 Å². The second-order valence-electron chi connectivity index (χ2n) is 5.61. The third kappa shape index (κ3) is 5.52. The number of piperidine rings is 1. The maximum atomic E-state index is 12.6. The van der Waals surface area contributed by atoms with E-state index in [0.29, 0.717) is 35.2 Å². The number of nitrogens with zero attached hydrogens (tertiary/aromatic N) is 1. The molecule has 2 rings (SSSR count). The Morgan fingerprint density at radius 1 is 1.25 bits per heavy atom. The van der Waals surface area contributed by atoms with Gasteiger partial charge in [-0.15, -0.1) is 12.4 Å². The molecule has 1 aliphatic rings. The first-order valence-electron chi connectivity index (χ1n) is 7.69. The van der Waals surface area contributed by atoms with Crippen LogP contribution >= 0.6 is 35.6 Å². The summed E-state index contributed by atoms with van der Waals surface area (Å²) in [5, 5.41) is 6.65. The summed E-state index contributed by atoms with van der Waals surface area (Å²) in [6, 6.07) is 4.85. The smallest absolute Gasteiger partial charge is 0.253 e. The number of amides is 2. The molecule has 0 aliphatic carbocycles. The van der Waals surface area contributed by atoms with E-state index in [9.17, 15) is 9.59 Å². The summed E-state index contributed by atoms with van der Waals surface area (Å²) < 4.78 is 0. The first-order valence-corrected chi connectivity index (χ1v) is 8.45. The molecule has 1 aromatic rings. The number of carbonyl (C=O) groups is 2. The Morgan fingerprint density at radius 3 is 2.67 bits per heavy atom. The molecule has 1 saturated heterocycles. The summed E-state index contributed by atoms with van der Waals surface area (Å²) in [5.41, 5.74) is 0.496. The maximum Gasteiger partial charge on any atom is 0.253 e. The molecular weight excluding hydrogens is 373 g/mol. The lowest BCUT2D eigenvalue weighted by atomic mass is 9.96. The van der Waals surface area contributed by atoms with Gasteiger partial charge < -0.3 is 15.5 Å². The summed E-state index contributed by atoms with van der Waals surface area (Å²) in [6.45, 7) is 2.40. The van der Waals surface area contributed by atoms with E-state index in [2.05, 4.69) is 10.6 Å². The Bertz CT molecular complexity index is 584. The molecule has 1 unspecified atom stereocenters. The van der Waals surface area contributed by atoms with Gasteiger partial charge in [0.25, 0.3) is 5.91 Å². The van der Waals surface area contributed by atoms with Crippen molar-refractivity contribution in [2.45, 2.75) is 12.8 Å². The molecule has 0 radical (unpaired) electrons. The summed E-state index contributed by atoms with van der Waals surface area (Å²) in [7, 11) is 1.84. The molecule has 5 nitrogen and oxygen atoms in total. The van der Waals surface area contributed by atoms with E-state index in [-0.39, 0.29) is 30.1 Å². The van der Waals surface area contributed by atoms with Crippen molar-refractivity contribution in [3.05, 3.63) is 33.8 Å². The van der Waals surface area contributed by atoms with E-state index in [4.69, 9.17) is 23.2 Å². The zero-order valence-corrected chi connectivity index (χ0v) is 15.8. The van der Waals surface area contributed by atoms with Crippen molar-refractivity contribution in [1.29, 1.82) is 0 Å². The van der Waals surface area contributed by atoms with Crippen LogP contribution in [0.25, 0.3) is 0 Å². The highest BCUT2D eigenvalue weighted by molar-refractivity contribution is 6.42. The van der Waals surface area contributed by atoms with Crippen molar-refractivity contribution in [3.63, 3.8) is 0 Å². The molecule has 0 bridgehead atoms. The van der Waals surface area contributed by atoms with Crippen LogP contribution in [0.3, 0.4) is 0 Å². The number of benzene rings is 1. The molecule has 134 valence electrons. The van der Waals surface area contributed by atoms with Crippen LogP contribution in [0.1, 0.15) is 23.2 Å². The summed E-state index contributed by atoms with van der Waals surface area (Å²) >= 11 is 11.9. The Hall–Kier alpha value is -1.01. The molecular formula is C16H22Cl3N3O2. The third-order valence-electron chi connectivity index (χ3n) is 3.92. The standard InChI is InChI=1S/C16H21Cl2N3O2.ClH/c1-19-6-7-20-15(22)12-3-2-8-21(10-12)16(23)11-4-5-13(17)14(18)9-11;/h4-5,9,12,19H,2-3,6-8,10H2,1H3,(H,20,22);1H. The molecule has 1 aliphatic heterocycles. The summed E-state index contributed by atoms with van der Waals surface area (Å²) in [4.78, 5) is 26.4. The minimum Gasteiger partial charge on any atom is -0.355 e. The van der Waals surface area contributed by atoms with E-state index in [1.165, 1.54) is 0 Å². The topological polar surface area (TPSA) is 61.4 Å². The zero-order valence-electron chi connectivity index (χ0n) is 13.5. The number of hydrogen-bond donors (Lipinski definition) is 2. The van der Waals surface area contributed by atoms with Gasteiger partial charge in [-0.25, -0.2) is 0 Å². The number of likely N-dealkylation sites (tertiary alicyclic amines) is 1. The van der Waals surface area contributed by atoms with Gasteiger partial charge in [0.15, 0.2) is 0 Å². The molecule has 0 aromatic heterocycles. The van der Waals surface area contributed by atoms with Gasteiger partial charge in [0.05, 0.1) is 16.0 Å². The molecule has 24 heavy (non-hydrogen) atoms. The van der Waals surface area contributed by atoms with E-state index in [1.807, 2.05) is 7.05 Å². The average molecular weight is 395 g/mol. The van der Waals surface area contributed by atoms with Gasteiger partial charge in [-0.2, -0.15) is 0 Å². The average Bonchev–Trinajstić information content (AvgIpc) is 2.57. The van der Waals surface area contributed by atoms with Gasteiger partial charge in [-0.1, -0.05) is 23.2 Å². The number of carbonyl (C=O) groups excluding carboxylic acids is 2. The molecule has 0 saturated carbocycles. The molecule has 2 amide bonds. The second-order valence-corrected chi connectivity index (χ2v) is 6.43. The van der Waals surface area contributed by atoms with Gasteiger partial charge >= 0.3 is 0 Å². The normalized spacial score (nSPS) is 17.1. The summed E-state index contributed by atoms with van der Waals surface area (Å²) in [6.07, 6.45) is 1.62. The predicted molar refractivity (Wildman–Crippen MR) is 99.3 cm³/mol. The van der Waals surface area contributed by atoms with Crippen LogP contribution in [0.5, 0.6) is 0 Å². The second kappa shape index (κ2) is 10.1. The van der Waals surface area contributed by atoms with Crippen molar-refractivity contribution in [3.8, 4) is 0 Å². The van der Waals surface area contributed by atoms with Gasteiger partial charge in [0, 0.05) is 31.7 Å². The van der Waals surface area contributed by atoms with Crippen LogP contribution in [0.2, 0.25) is 10.0 Å². The quantitative estimate of drug-likeness (QED) is 0.755. The molecule has 8 heteroatoms. The molecule has 0 spiro atoms. The lowest BCUT2D eigenvalue weighted by Crippen LogP contribution is -2.46. The first kappa shape index (κ1) is 21.0. The third-order valence-corrected chi connectivity index (χ3v) is 4.66. The van der Waals surface area contributed by atoms with Crippen LogP contribution in [-0.4, -0.2) is 49.9 Å². The lowest BCUT2D eigenvalue weighted by molar-refractivity contribution is -0.126. The number of likely N-dealkylation sites (N-methyl/N-ethyl adjacent to an activating group) is 1. The number of hydrogen-bond acceptors (Lipinski definition) is 3. The number of nitrogens with one attached hydrogen (secondary N) is 2. The minimum absolute atomic E-state index is 0. The molecule has 1 fully saturated rings. The van der Waals surface area contributed by atoms with Crippen molar-refractivity contribution in [2.75, 3.05) is 33.2 Å². The molecule has 1 aromatic carbocycles. The number of halogens is 3. The Morgan fingerprint density at radius 2 is 2.00 bits per heavy atom. The van der Waals surface area contributed by atoms with Gasteiger partial charge in [0.1, 0.15) is 0 Å². The fourth-order valence-corrected chi connectivity index (χ4v) is 2.94. The SMILES string of the molecule is CNCCNC(=O)C1CCCN(C(=O)c2ccc(Cl)c(Cl)c2)C1.Cl. The van der Waals surface area contributed by atoms with E-state index < -0.39 is 0 Å². The van der Waals surface area contributed by atoms with Crippen molar-refractivity contribution >= 4 is 47.4 Å². The summed E-state index contributed by atoms with van der Waals surface area (Å²) in [5.74, 6) is -0.268. The zero-order chi connectivity index (χ0) is 16.8. The monoisotopic (exact) mass is 393 g/mol. The van der Waals surface area contributed by atoms with Crippen molar-refractivity contribution in [2.24, 2.45) is 5.92 Å². The van der Waals surface area contributed by atoms with Crippen LogP contribution < -0.4 is 10.6 Å². The fourth-order valence-electron chi connectivity index (χ4n) is 2.64. The minimum atomic E-state index is -0.160. The van der Waals surface area contributed by atoms with Crippen molar-refractivity contribution in [1.82, 2.24) is 15.5 Å². The highest BCUT2D eigenvalue weighted by Crippen LogP contribution is 2.25. The van der Waals surface area contributed by atoms with E-state index in [0.717, 1.165) is 19.4 Å². The highest BCUT2D eigenvalue weighted by atomic mass is 35.5. The van der Waals surface area contributed by atoms with Crippen LogP contribution in [-0.2, 0) is 4.79 Å². The van der Waals surface area contributed by atoms with E-state index >= 15 is 0 Å². The van der Waals surface area contributed by atoms with Crippen molar-refractivity contribution < 1.29 is 9.59 Å². The van der Waals surface area contributed by atoms with Crippen LogP contribution in [0, 0.1) is 5.92 Å². The van der Waals surface area contributed by atoms with Gasteiger partial charge in [0.2, 0.25) is 5.91 Å².